The highest BCUT2D eigenvalue weighted by Gasteiger charge is 2.87. The number of halogens is 2. The normalized spacial score (nSPS) is 43.0. The van der Waals surface area contributed by atoms with Crippen LogP contribution < -0.4 is 4.74 Å². The molecule has 6 aliphatic rings. The Morgan fingerprint density at radius 2 is 1.74 bits per heavy atom. The molecule has 1 aliphatic heterocycles. The number of hydrogen-bond acceptors (Lipinski definition) is 4. The highest BCUT2D eigenvalue weighted by Crippen LogP contribution is 2.92. The van der Waals surface area contributed by atoms with Crippen LogP contribution in [0.1, 0.15) is 38.5 Å². The summed E-state index contributed by atoms with van der Waals surface area (Å²) in [4.78, 5) is 2.85. The van der Waals surface area contributed by atoms with E-state index in [1.807, 2.05) is 6.07 Å². The zero-order chi connectivity index (χ0) is 22.7. The number of ether oxygens (including phenoxy) is 1. The van der Waals surface area contributed by atoms with Crippen LogP contribution in [0.4, 0.5) is 4.39 Å². The molecule has 0 radical (unpaired) electrons. The van der Waals surface area contributed by atoms with Gasteiger partial charge in [0.15, 0.2) is 0 Å². The number of hydrogen-bond donors (Lipinski definition) is 0. The van der Waals surface area contributed by atoms with Gasteiger partial charge in [0.05, 0.1) is 17.3 Å². The molecule has 1 spiro atoms. The second-order valence-electron chi connectivity index (χ2n) is 12.4. The van der Waals surface area contributed by atoms with Crippen molar-refractivity contribution in [1.82, 2.24) is 15.1 Å². The Morgan fingerprint density at radius 1 is 0.971 bits per heavy atom. The number of aromatic nitrogens is 2. The summed E-state index contributed by atoms with van der Waals surface area (Å²) < 4.78 is 19.6. The predicted molar refractivity (Wildman–Crippen MR) is 128 cm³/mol. The SMILES string of the molecule is Fc1ccc(Cl)c(-c2ccc(OCC3C[C@@H]4CN(CC56CC7CC8CC(C5)C876)C[C@@H]4C3)nn2)c1. The molecule has 6 heteroatoms. The molecule has 0 N–H and O–H groups in total. The van der Waals surface area contributed by atoms with Gasteiger partial charge in [-0.15, -0.1) is 10.2 Å². The Bertz CT molecular complexity index is 1120. The second kappa shape index (κ2) is 6.94. The molecule has 4 nitrogen and oxygen atoms in total. The lowest BCUT2D eigenvalue weighted by Gasteiger charge is -2.92. The molecule has 1 aromatic carbocycles. The van der Waals surface area contributed by atoms with Crippen molar-refractivity contribution in [1.29, 1.82) is 0 Å². The number of fused-ring (bicyclic) bond motifs is 1. The maximum absolute atomic E-state index is 13.6. The van der Waals surface area contributed by atoms with Crippen molar-refractivity contribution in [3.8, 4) is 17.1 Å². The van der Waals surface area contributed by atoms with Gasteiger partial charge in [0.2, 0.25) is 5.88 Å². The maximum atomic E-state index is 13.6. The molecule has 178 valence electrons. The van der Waals surface area contributed by atoms with E-state index in [0.717, 1.165) is 40.4 Å². The standard InChI is InChI=1S/C28H31ClFN3O/c29-24-2-1-22(30)9-23(24)25-3-4-26(32-31-25)34-14-16-5-17-12-33(13-18(17)6-16)15-27-10-20-7-19-8-21(11-27)28(19,20)27/h1-4,9,16-21H,5-8,10-15H2/t16?,17-,18+,19?,20?,21?,27?,28?. The van der Waals surface area contributed by atoms with Crippen LogP contribution in [0.2, 0.25) is 5.02 Å². The molecule has 5 saturated carbocycles. The molecule has 2 aromatic rings. The van der Waals surface area contributed by atoms with E-state index in [9.17, 15) is 4.39 Å². The van der Waals surface area contributed by atoms with Gasteiger partial charge in [-0.05, 0) is 109 Å². The van der Waals surface area contributed by atoms with Crippen molar-refractivity contribution in [2.75, 3.05) is 26.2 Å². The molecule has 34 heavy (non-hydrogen) atoms. The first-order valence-corrected chi connectivity index (χ1v) is 13.6. The number of benzene rings is 1. The Hall–Kier alpha value is -1.72. The van der Waals surface area contributed by atoms with Crippen molar-refractivity contribution in [2.45, 2.75) is 38.5 Å². The van der Waals surface area contributed by atoms with Crippen molar-refractivity contribution < 1.29 is 9.13 Å². The first kappa shape index (κ1) is 20.5. The summed E-state index contributed by atoms with van der Waals surface area (Å²) in [6, 6.07) is 7.88. The molecule has 8 rings (SSSR count). The van der Waals surface area contributed by atoms with E-state index in [0.29, 0.717) is 34.7 Å². The predicted octanol–water partition coefficient (Wildman–Crippen LogP) is 5.71. The summed E-state index contributed by atoms with van der Waals surface area (Å²) in [7, 11) is 0. The van der Waals surface area contributed by atoms with Gasteiger partial charge in [0, 0.05) is 31.3 Å². The maximum Gasteiger partial charge on any atom is 0.233 e. The summed E-state index contributed by atoms with van der Waals surface area (Å²) in [6.07, 6.45) is 8.78. The molecule has 3 unspecified atom stereocenters. The Kier molecular flexibility index (Phi) is 4.18. The van der Waals surface area contributed by atoms with E-state index in [1.54, 1.807) is 37.8 Å². The largest absolute Gasteiger partial charge is 0.476 e. The third kappa shape index (κ3) is 2.58. The van der Waals surface area contributed by atoms with E-state index >= 15 is 0 Å². The topological polar surface area (TPSA) is 38.2 Å². The molecule has 5 aliphatic carbocycles. The van der Waals surface area contributed by atoms with Crippen LogP contribution in [0, 0.1) is 52.2 Å². The van der Waals surface area contributed by atoms with Crippen LogP contribution in [0.15, 0.2) is 30.3 Å². The highest BCUT2D eigenvalue weighted by atomic mass is 35.5. The van der Waals surface area contributed by atoms with Crippen molar-refractivity contribution >= 4 is 11.6 Å². The van der Waals surface area contributed by atoms with E-state index in [2.05, 4.69) is 15.1 Å². The molecule has 2 heterocycles. The van der Waals surface area contributed by atoms with Crippen LogP contribution >= 0.6 is 11.6 Å². The Labute approximate surface area is 205 Å². The summed E-state index contributed by atoms with van der Waals surface area (Å²) in [5, 5.41) is 8.88. The van der Waals surface area contributed by atoms with Gasteiger partial charge in [0.1, 0.15) is 5.82 Å². The van der Waals surface area contributed by atoms with Crippen LogP contribution in [0.3, 0.4) is 0 Å². The van der Waals surface area contributed by atoms with E-state index < -0.39 is 0 Å². The minimum absolute atomic E-state index is 0.338. The van der Waals surface area contributed by atoms with Gasteiger partial charge >= 0.3 is 0 Å². The van der Waals surface area contributed by atoms with Crippen LogP contribution in [-0.2, 0) is 0 Å². The van der Waals surface area contributed by atoms with Crippen molar-refractivity contribution in [2.24, 2.45) is 46.3 Å². The van der Waals surface area contributed by atoms with Gasteiger partial charge < -0.3 is 9.64 Å². The smallest absolute Gasteiger partial charge is 0.233 e. The Morgan fingerprint density at radius 3 is 2.38 bits per heavy atom. The number of likely N-dealkylation sites (tertiary alicyclic amines) is 1. The minimum atomic E-state index is -0.338. The van der Waals surface area contributed by atoms with Gasteiger partial charge in [-0.25, -0.2) is 4.39 Å². The third-order valence-electron chi connectivity index (χ3n) is 11.1. The van der Waals surface area contributed by atoms with Gasteiger partial charge in [-0.3, -0.25) is 0 Å². The van der Waals surface area contributed by atoms with Crippen molar-refractivity contribution in [3.05, 3.63) is 41.2 Å². The highest BCUT2D eigenvalue weighted by molar-refractivity contribution is 6.33. The third-order valence-corrected chi connectivity index (χ3v) is 11.4. The molecule has 5 atom stereocenters. The molecular formula is C28H31ClFN3O. The van der Waals surface area contributed by atoms with Gasteiger partial charge in [-0.2, -0.15) is 0 Å². The average molecular weight is 480 g/mol. The summed E-state index contributed by atoms with van der Waals surface area (Å²) in [6.45, 7) is 4.73. The van der Waals surface area contributed by atoms with Gasteiger partial charge in [-0.1, -0.05) is 11.6 Å². The van der Waals surface area contributed by atoms with Crippen LogP contribution in [0.25, 0.3) is 11.3 Å². The zero-order valence-electron chi connectivity index (χ0n) is 19.4. The molecule has 1 saturated heterocycles. The Balaban J connectivity index is 0.845. The molecule has 1 aromatic heterocycles. The fourth-order valence-corrected chi connectivity index (χ4v) is 10.3. The summed E-state index contributed by atoms with van der Waals surface area (Å²) in [5.74, 6) is 5.85. The van der Waals surface area contributed by atoms with E-state index in [1.165, 1.54) is 44.6 Å². The fourth-order valence-electron chi connectivity index (χ4n) is 10.1. The lowest BCUT2D eigenvalue weighted by molar-refractivity contribution is -0.433. The lowest BCUT2D eigenvalue weighted by atomic mass is 9.13. The van der Waals surface area contributed by atoms with Crippen molar-refractivity contribution in [3.63, 3.8) is 0 Å². The van der Waals surface area contributed by atoms with Crippen LogP contribution in [0.5, 0.6) is 5.88 Å². The second-order valence-corrected chi connectivity index (χ2v) is 12.8. The van der Waals surface area contributed by atoms with Gasteiger partial charge in [0.25, 0.3) is 0 Å². The lowest BCUT2D eigenvalue weighted by Crippen LogP contribution is -2.86. The first-order chi connectivity index (χ1) is 16.5. The minimum Gasteiger partial charge on any atom is -0.476 e. The summed E-state index contributed by atoms with van der Waals surface area (Å²) >= 11 is 6.19. The zero-order valence-corrected chi connectivity index (χ0v) is 20.2. The first-order valence-electron chi connectivity index (χ1n) is 13.2. The molecular weight excluding hydrogens is 449 g/mol. The molecule has 6 fully saturated rings. The fraction of sp³-hybridized carbons (Fsp3) is 0.643. The van der Waals surface area contributed by atoms with E-state index in [4.69, 9.17) is 16.3 Å². The monoisotopic (exact) mass is 479 g/mol. The number of rotatable bonds is 6. The number of nitrogens with zero attached hydrogens (tertiary/aromatic N) is 3. The van der Waals surface area contributed by atoms with Crippen LogP contribution in [-0.4, -0.2) is 41.3 Å². The molecule has 0 bridgehead atoms. The quantitative estimate of drug-likeness (QED) is 0.532. The van der Waals surface area contributed by atoms with E-state index in [-0.39, 0.29) is 5.82 Å². The summed E-state index contributed by atoms with van der Waals surface area (Å²) in [5.41, 5.74) is 2.70. The molecule has 0 amide bonds. The average Bonchev–Trinajstić information content (AvgIpc) is 3.33.